The predicted molar refractivity (Wildman–Crippen MR) is 80.3 cm³/mol. The fourth-order valence-electron chi connectivity index (χ4n) is 3.52. The third-order valence-electron chi connectivity index (χ3n) is 4.74. The average molecular weight is 321 g/mol. The van der Waals surface area contributed by atoms with Crippen molar-refractivity contribution in [2.75, 3.05) is 6.54 Å². The quantitative estimate of drug-likeness (QED) is 0.668. The van der Waals surface area contributed by atoms with Crippen LogP contribution in [-0.2, 0) is 5.54 Å². The molecular formula is C15H19N3O5. The maximum absolute atomic E-state index is 12.6. The number of rotatable bonds is 2. The Hall–Kier alpha value is -2.35. The van der Waals surface area contributed by atoms with Gasteiger partial charge in [0.05, 0.1) is 11.6 Å². The van der Waals surface area contributed by atoms with Crippen molar-refractivity contribution in [1.29, 1.82) is 0 Å². The molecule has 0 unspecified atom stereocenters. The van der Waals surface area contributed by atoms with E-state index < -0.39 is 34.6 Å². The number of hydrogen-bond acceptors (Lipinski definition) is 5. The van der Waals surface area contributed by atoms with Gasteiger partial charge < -0.3 is 25.4 Å². The summed E-state index contributed by atoms with van der Waals surface area (Å²) in [4.78, 5) is 37.8. The van der Waals surface area contributed by atoms with Gasteiger partial charge in [0.2, 0.25) is 5.43 Å². The maximum Gasteiger partial charge on any atom is 0.274 e. The lowest BCUT2D eigenvalue weighted by molar-refractivity contribution is -0.0528. The van der Waals surface area contributed by atoms with Gasteiger partial charge in [-0.1, -0.05) is 0 Å². The Morgan fingerprint density at radius 3 is 2.48 bits per heavy atom. The van der Waals surface area contributed by atoms with Crippen molar-refractivity contribution in [3.8, 4) is 5.75 Å². The van der Waals surface area contributed by atoms with E-state index in [2.05, 4.69) is 0 Å². The summed E-state index contributed by atoms with van der Waals surface area (Å²) in [6, 6.07) is -0.129. The number of amides is 2. The number of aliphatic hydroxyl groups excluding tert-OH is 1. The van der Waals surface area contributed by atoms with E-state index in [1.54, 1.807) is 4.90 Å². The summed E-state index contributed by atoms with van der Waals surface area (Å²) in [6.07, 6.45) is 1.46. The Labute approximate surface area is 132 Å². The number of aromatic hydroxyl groups is 1. The second-order valence-electron chi connectivity index (χ2n) is 6.62. The SMILES string of the molecule is CC(C)N1CC2(CC(O)C2)n2cc(C(N)=O)c(=O)c(O)c2C1=O. The fourth-order valence-corrected chi connectivity index (χ4v) is 3.52. The second-order valence-corrected chi connectivity index (χ2v) is 6.62. The number of aromatic nitrogens is 1. The standard InChI is InChI=1S/C15H19N3O5/c1-7(2)17-6-15(3-8(19)4-15)18-5-9(13(16)22)11(20)12(21)10(18)14(17)23/h5,7-8,19,21H,3-4,6H2,1-2H3,(H2,16,22). The molecule has 1 spiro atoms. The van der Waals surface area contributed by atoms with E-state index in [1.807, 2.05) is 13.8 Å². The Morgan fingerprint density at radius 1 is 1.39 bits per heavy atom. The largest absolute Gasteiger partial charge is 0.503 e. The van der Waals surface area contributed by atoms with Gasteiger partial charge in [0.1, 0.15) is 5.56 Å². The number of primary amides is 1. The van der Waals surface area contributed by atoms with Crippen molar-refractivity contribution in [2.24, 2.45) is 5.73 Å². The van der Waals surface area contributed by atoms with Gasteiger partial charge in [-0.15, -0.1) is 0 Å². The lowest BCUT2D eigenvalue weighted by Gasteiger charge is -2.53. The minimum Gasteiger partial charge on any atom is -0.503 e. The smallest absolute Gasteiger partial charge is 0.274 e. The summed E-state index contributed by atoms with van der Waals surface area (Å²) in [5.41, 5.74) is 3.10. The molecule has 0 radical (unpaired) electrons. The Bertz CT molecular complexity index is 761. The van der Waals surface area contributed by atoms with Crippen LogP contribution in [0, 0.1) is 0 Å². The predicted octanol–water partition coefficient (Wildman–Crippen LogP) is -0.633. The van der Waals surface area contributed by atoms with Gasteiger partial charge in [-0.2, -0.15) is 0 Å². The van der Waals surface area contributed by atoms with E-state index in [0.29, 0.717) is 19.4 Å². The van der Waals surface area contributed by atoms with Gasteiger partial charge in [-0.05, 0) is 26.7 Å². The molecule has 8 nitrogen and oxygen atoms in total. The van der Waals surface area contributed by atoms with Gasteiger partial charge in [0, 0.05) is 18.8 Å². The molecule has 1 fully saturated rings. The van der Waals surface area contributed by atoms with Crippen molar-refractivity contribution in [3.63, 3.8) is 0 Å². The molecule has 1 aromatic heterocycles. The third-order valence-corrected chi connectivity index (χ3v) is 4.74. The fraction of sp³-hybridized carbons (Fsp3) is 0.533. The van der Waals surface area contributed by atoms with Crippen LogP contribution in [0.25, 0.3) is 0 Å². The topological polar surface area (TPSA) is 126 Å². The van der Waals surface area contributed by atoms with E-state index in [0.717, 1.165) is 0 Å². The summed E-state index contributed by atoms with van der Waals surface area (Å²) < 4.78 is 1.46. The second kappa shape index (κ2) is 4.82. The number of nitrogens with zero attached hydrogens (tertiary/aromatic N) is 2. The molecule has 23 heavy (non-hydrogen) atoms. The third kappa shape index (κ3) is 2.05. The first kappa shape index (κ1) is 15.5. The van der Waals surface area contributed by atoms with Crippen LogP contribution in [0.1, 0.15) is 47.5 Å². The van der Waals surface area contributed by atoms with E-state index in [4.69, 9.17) is 5.73 Å². The lowest BCUT2D eigenvalue weighted by Crippen LogP contribution is -2.63. The van der Waals surface area contributed by atoms with Crippen LogP contribution in [0.2, 0.25) is 0 Å². The molecule has 1 aromatic rings. The van der Waals surface area contributed by atoms with Crippen LogP contribution in [0.3, 0.4) is 0 Å². The number of carbonyl (C=O) groups is 2. The van der Waals surface area contributed by atoms with Crippen molar-refractivity contribution in [1.82, 2.24) is 9.47 Å². The number of nitrogens with two attached hydrogens (primary N) is 1. The minimum atomic E-state index is -0.964. The van der Waals surface area contributed by atoms with Gasteiger partial charge in [0.15, 0.2) is 11.4 Å². The number of pyridine rings is 1. The average Bonchev–Trinajstić information content (AvgIpc) is 2.42. The zero-order valence-electron chi connectivity index (χ0n) is 12.9. The molecule has 1 saturated carbocycles. The summed E-state index contributed by atoms with van der Waals surface area (Å²) in [5.74, 6) is -2.20. The highest BCUT2D eigenvalue weighted by Crippen LogP contribution is 2.45. The maximum atomic E-state index is 12.6. The highest BCUT2D eigenvalue weighted by atomic mass is 16.3. The first-order chi connectivity index (χ1) is 10.7. The molecule has 1 aliphatic carbocycles. The first-order valence-electron chi connectivity index (χ1n) is 7.46. The number of hydrogen-bond donors (Lipinski definition) is 3. The number of aliphatic hydroxyl groups is 1. The minimum absolute atomic E-state index is 0.129. The van der Waals surface area contributed by atoms with E-state index in [9.17, 15) is 24.6 Å². The molecule has 8 heteroatoms. The van der Waals surface area contributed by atoms with Crippen molar-refractivity contribution < 1.29 is 19.8 Å². The molecule has 3 rings (SSSR count). The summed E-state index contributed by atoms with van der Waals surface area (Å²) in [6.45, 7) is 4.01. The molecule has 4 N–H and O–H groups in total. The Balaban J connectivity index is 2.28. The molecule has 1 aliphatic heterocycles. The summed E-state index contributed by atoms with van der Waals surface area (Å²) >= 11 is 0. The normalized spacial score (nSPS) is 26.3. The van der Waals surface area contributed by atoms with E-state index in [1.165, 1.54) is 10.8 Å². The number of carbonyl (C=O) groups excluding carboxylic acids is 2. The molecule has 0 atom stereocenters. The van der Waals surface area contributed by atoms with Gasteiger partial charge in [-0.25, -0.2) is 0 Å². The molecule has 0 bridgehead atoms. The molecule has 0 aromatic carbocycles. The highest BCUT2D eigenvalue weighted by Gasteiger charge is 2.52. The Morgan fingerprint density at radius 2 is 2.00 bits per heavy atom. The molecule has 2 amide bonds. The van der Waals surface area contributed by atoms with Crippen LogP contribution in [0.15, 0.2) is 11.0 Å². The van der Waals surface area contributed by atoms with E-state index in [-0.39, 0.29) is 17.3 Å². The Kier molecular flexibility index (Phi) is 3.26. The molecule has 2 heterocycles. The molecule has 0 saturated heterocycles. The zero-order valence-corrected chi connectivity index (χ0v) is 12.9. The van der Waals surface area contributed by atoms with Crippen molar-refractivity contribution in [2.45, 2.75) is 44.4 Å². The van der Waals surface area contributed by atoms with Crippen LogP contribution in [-0.4, -0.2) is 50.2 Å². The van der Waals surface area contributed by atoms with Gasteiger partial charge in [0.25, 0.3) is 11.8 Å². The highest BCUT2D eigenvalue weighted by molar-refractivity contribution is 5.99. The summed E-state index contributed by atoms with van der Waals surface area (Å²) in [5, 5.41) is 20.0. The van der Waals surface area contributed by atoms with Crippen LogP contribution < -0.4 is 11.2 Å². The molecular weight excluding hydrogens is 302 g/mol. The van der Waals surface area contributed by atoms with Gasteiger partial charge in [-0.3, -0.25) is 14.4 Å². The summed E-state index contributed by atoms with van der Waals surface area (Å²) in [7, 11) is 0. The monoisotopic (exact) mass is 321 g/mol. The lowest BCUT2D eigenvalue weighted by atomic mass is 9.72. The van der Waals surface area contributed by atoms with E-state index >= 15 is 0 Å². The van der Waals surface area contributed by atoms with Crippen LogP contribution in [0.5, 0.6) is 5.75 Å². The number of fused-ring (bicyclic) bond motifs is 2. The molecule has 124 valence electrons. The first-order valence-corrected chi connectivity index (χ1v) is 7.46. The van der Waals surface area contributed by atoms with Crippen molar-refractivity contribution >= 4 is 11.8 Å². The van der Waals surface area contributed by atoms with Crippen LogP contribution >= 0.6 is 0 Å². The van der Waals surface area contributed by atoms with Crippen LogP contribution in [0.4, 0.5) is 0 Å². The zero-order chi connectivity index (χ0) is 17.1. The van der Waals surface area contributed by atoms with Crippen molar-refractivity contribution in [3.05, 3.63) is 27.7 Å². The molecule has 2 aliphatic rings. The van der Waals surface area contributed by atoms with Gasteiger partial charge >= 0.3 is 0 Å².